The van der Waals surface area contributed by atoms with Gasteiger partial charge in [0.05, 0.1) is 24.8 Å². The third-order valence-electron chi connectivity index (χ3n) is 6.48. The fourth-order valence-corrected chi connectivity index (χ4v) is 5.51. The van der Waals surface area contributed by atoms with E-state index in [9.17, 15) is 4.79 Å². The first-order chi connectivity index (χ1) is 18.6. The van der Waals surface area contributed by atoms with Crippen molar-refractivity contribution in [2.45, 2.75) is 6.42 Å². The van der Waals surface area contributed by atoms with Gasteiger partial charge in [0.2, 0.25) is 6.79 Å². The number of methoxy groups -OCH3 is 2. The lowest BCUT2D eigenvalue weighted by Crippen LogP contribution is -2.31. The second-order valence-corrected chi connectivity index (χ2v) is 9.73. The van der Waals surface area contributed by atoms with Gasteiger partial charge in [0, 0.05) is 35.3 Å². The number of amides is 1. The molecule has 0 saturated carbocycles. The minimum Gasteiger partial charge on any atom is -0.497 e. The molecule has 1 N–H and O–H groups in total. The van der Waals surface area contributed by atoms with Gasteiger partial charge in [-0.1, -0.05) is 18.2 Å². The van der Waals surface area contributed by atoms with Crippen molar-refractivity contribution in [2.24, 2.45) is 4.99 Å². The molecule has 0 spiro atoms. The van der Waals surface area contributed by atoms with Crippen LogP contribution in [0.25, 0.3) is 17.0 Å². The summed E-state index contributed by atoms with van der Waals surface area (Å²) in [5, 5.41) is 1.77. The zero-order chi connectivity index (χ0) is 26.1. The number of rotatable bonds is 7. The minimum atomic E-state index is -0.109. The summed E-state index contributed by atoms with van der Waals surface area (Å²) in [6.45, 7) is 0.644. The molecule has 38 heavy (non-hydrogen) atoms. The molecule has 1 amide bonds. The number of carbonyl (C=O) groups is 1. The molecule has 8 nitrogen and oxygen atoms in total. The first-order valence-corrected chi connectivity index (χ1v) is 12.9. The lowest BCUT2D eigenvalue weighted by Gasteiger charge is -2.15. The maximum absolute atomic E-state index is 13.7. The monoisotopic (exact) mass is 527 g/mol. The van der Waals surface area contributed by atoms with E-state index in [1.54, 1.807) is 25.2 Å². The molecule has 9 heteroatoms. The number of aromatic nitrogens is 1. The maximum Gasteiger partial charge on any atom is 0.266 e. The number of hydrogen-bond acceptors (Lipinski definition) is 7. The lowest BCUT2D eigenvalue weighted by molar-refractivity contribution is -0.122. The van der Waals surface area contributed by atoms with Crippen LogP contribution in [0.4, 0.5) is 5.69 Å². The van der Waals surface area contributed by atoms with E-state index in [1.807, 2.05) is 60.8 Å². The number of H-pyrrole nitrogens is 1. The molecule has 1 saturated heterocycles. The Bertz CT molecular complexity index is 1580. The third-order valence-corrected chi connectivity index (χ3v) is 7.48. The van der Waals surface area contributed by atoms with Gasteiger partial charge in [0.25, 0.3) is 5.91 Å². The first-order valence-electron chi connectivity index (χ1n) is 12.1. The van der Waals surface area contributed by atoms with Crippen LogP contribution in [0, 0.1) is 0 Å². The van der Waals surface area contributed by atoms with Gasteiger partial charge in [0.15, 0.2) is 16.7 Å². The second kappa shape index (κ2) is 10.2. The Morgan fingerprint density at radius 3 is 2.63 bits per heavy atom. The standard InChI is InChI=1S/C29H25N3O5S/c1-34-21-9-7-20(8-10-21)31-29-32(12-11-18-16-30-23-6-4-3-5-22(18)23)28(33)27(38-29)14-19-13-25-26(37-17-36-25)15-24(19)35-2/h3-10,13-16,30H,11-12,17H2,1-2H3. The number of benzene rings is 3. The molecule has 3 aromatic carbocycles. The molecule has 2 aliphatic rings. The highest BCUT2D eigenvalue weighted by Gasteiger charge is 2.34. The minimum absolute atomic E-state index is 0.109. The molecule has 0 unspecified atom stereocenters. The molecule has 4 aromatic rings. The quantitative estimate of drug-likeness (QED) is 0.308. The van der Waals surface area contributed by atoms with Crippen LogP contribution in [-0.4, -0.2) is 48.5 Å². The highest BCUT2D eigenvalue weighted by Crippen LogP contribution is 2.41. The number of aromatic amines is 1. The number of aliphatic imine (C=N–C) groups is 1. The van der Waals surface area contributed by atoms with E-state index >= 15 is 0 Å². The number of ether oxygens (including phenoxy) is 4. The van der Waals surface area contributed by atoms with E-state index in [-0.39, 0.29) is 12.7 Å². The van der Waals surface area contributed by atoms with Crippen molar-refractivity contribution < 1.29 is 23.7 Å². The van der Waals surface area contributed by atoms with Crippen molar-refractivity contribution in [2.75, 3.05) is 27.6 Å². The predicted octanol–water partition coefficient (Wildman–Crippen LogP) is 5.76. The molecule has 1 fully saturated rings. The molecule has 6 rings (SSSR count). The Hall–Kier alpha value is -4.37. The Morgan fingerprint density at radius 1 is 1.05 bits per heavy atom. The number of hydrogen-bond donors (Lipinski definition) is 1. The molecule has 0 atom stereocenters. The normalized spacial score (nSPS) is 16.7. The Labute approximate surface area is 223 Å². The summed E-state index contributed by atoms with van der Waals surface area (Å²) in [4.78, 5) is 24.1. The first kappa shape index (κ1) is 24.0. The largest absolute Gasteiger partial charge is 0.497 e. The molecule has 2 aliphatic heterocycles. The maximum atomic E-state index is 13.7. The Balaban J connectivity index is 1.34. The summed E-state index contributed by atoms with van der Waals surface area (Å²) in [5.41, 5.74) is 3.69. The SMILES string of the molecule is COc1ccc(N=C2SC(=Cc3cc4c(cc3OC)OCO4)C(=O)N2CCc2c[nH]c3ccccc23)cc1. The van der Waals surface area contributed by atoms with Gasteiger partial charge >= 0.3 is 0 Å². The van der Waals surface area contributed by atoms with E-state index in [0.717, 1.165) is 33.5 Å². The van der Waals surface area contributed by atoms with Gasteiger partial charge in [-0.15, -0.1) is 0 Å². The highest BCUT2D eigenvalue weighted by atomic mass is 32.2. The average Bonchev–Trinajstić information content (AvgIpc) is 3.65. The number of para-hydroxylation sites is 1. The lowest BCUT2D eigenvalue weighted by atomic mass is 10.1. The molecular formula is C29H25N3O5S. The van der Waals surface area contributed by atoms with Crippen molar-refractivity contribution >= 4 is 45.5 Å². The average molecular weight is 528 g/mol. The number of nitrogens with one attached hydrogen (secondary N) is 1. The second-order valence-electron chi connectivity index (χ2n) is 8.72. The van der Waals surface area contributed by atoms with E-state index in [2.05, 4.69) is 11.1 Å². The zero-order valence-corrected chi connectivity index (χ0v) is 21.7. The summed E-state index contributed by atoms with van der Waals surface area (Å²) >= 11 is 1.34. The molecule has 0 radical (unpaired) electrons. The van der Waals surface area contributed by atoms with Crippen LogP contribution in [0.2, 0.25) is 0 Å². The van der Waals surface area contributed by atoms with Crippen LogP contribution in [0.1, 0.15) is 11.1 Å². The van der Waals surface area contributed by atoms with Gasteiger partial charge < -0.3 is 23.9 Å². The molecule has 0 aliphatic carbocycles. The number of fused-ring (bicyclic) bond motifs is 2. The Morgan fingerprint density at radius 2 is 1.84 bits per heavy atom. The summed E-state index contributed by atoms with van der Waals surface area (Å²) in [7, 11) is 3.22. The Kier molecular flexibility index (Phi) is 6.43. The molecule has 3 heterocycles. The third kappa shape index (κ3) is 4.56. The van der Waals surface area contributed by atoms with E-state index in [0.29, 0.717) is 40.3 Å². The summed E-state index contributed by atoms with van der Waals surface area (Å²) in [6, 6.07) is 19.2. The van der Waals surface area contributed by atoms with Crippen molar-refractivity contribution in [1.29, 1.82) is 0 Å². The fraction of sp³-hybridized carbons (Fsp3) is 0.172. The highest BCUT2D eigenvalue weighted by molar-refractivity contribution is 8.18. The van der Waals surface area contributed by atoms with E-state index < -0.39 is 0 Å². The van der Waals surface area contributed by atoms with Crippen LogP contribution in [0.5, 0.6) is 23.0 Å². The van der Waals surface area contributed by atoms with Gasteiger partial charge in [-0.3, -0.25) is 9.69 Å². The summed E-state index contributed by atoms with van der Waals surface area (Å²) in [5.74, 6) is 2.48. The van der Waals surface area contributed by atoms with Crippen molar-refractivity contribution in [3.8, 4) is 23.0 Å². The number of nitrogens with zero attached hydrogens (tertiary/aromatic N) is 2. The summed E-state index contributed by atoms with van der Waals surface area (Å²) < 4.78 is 21.8. The number of thioether (sulfide) groups is 1. The number of amidine groups is 1. The van der Waals surface area contributed by atoms with E-state index in [1.165, 1.54) is 11.8 Å². The van der Waals surface area contributed by atoms with Crippen molar-refractivity contribution in [3.63, 3.8) is 0 Å². The molecule has 192 valence electrons. The van der Waals surface area contributed by atoms with Gasteiger partial charge in [-0.2, -0.15) is 0 Å². The molecule has 0 bridgehead atoms. The van der Waals surface area contributed by atoms with Crippen LogP contribution < -0.4 is 18.9 Å². The van der Waals surface area contributed by atoms with Gasteiger partial charge in [-0.05, 0) is 66.2 Å². The number of carbonyl (C=O) groups excluding carboxylic acids is 1. The predicted molar refractivity (Wildman–Crippen MR) is 148 cm³/mol. The van der Waals surface area contributed by atoms with E-state index in [4.69, 9.17) is 23.9 Å². The smallest absolute Gasteiger partial charge is 0.266 e. The van der Waals surface area contributed by atoms with Crippen LogP contribution in [0.3, 0.4) is 0 Å². The van der Waals surface area contributed by atoms with Crippen LogP contribution >= 0.6 is 11.8 Å². The van der Waals surface area contributed by atoms with Crippen molar-refractivity contribution in [3.05, 3.63) is 82.9 Å². The molecular weight excluding hydrogens is 502 g/mol. The van der Waals surface area contributed by atoms with Gasteiger partial charge in [-0.25, -0.2) is 4.99 Å². The topological polar surface area (TPSA) is 85.4 Å². The van der Waals surface area contributed by atoms with Crippen LogP contribution in [-0.2, 0) is 11.2 Å². The van der Waals surface area contributed by atoms with Gasteiger partial charge in [0.1, 0.15) is 11.5 Å². The fourth-order valence-electron chi connectivity index (χ4n) is 4.50. The summed E-state index contributed by atoms with van der Waals surface area (Å²) in [6.07, 6.45) is 4.51. The van der Waals surface area contributed by atoms with Crippen LogP contribution in [0.15, 0.2) is 76.8 Å². The zero-order valence-electron chi connectivity index (χ0n) is 20.9. The van der Waals surface area contributed by atoms with Crippen molar-refractivity contribution in [1.82, 2.24) is 9.88 Å². The molecule has 1 aromatic heterocycles.